The molecule has 3 aliphatic carbocycles. The lowest BCUT2D eigenvalue weighted by Crippen LogP contribution is -2.59. The number of nitrogens with zero attached hydrogens (tertiary/aromatic N) is 1. The van der Waals surface area contributed by atoms with Crippen molar-refractivity contribution in [2.45, 2.75) is 63.0 Å². The average Bonchev–Trinajstić information content (AvgIpc) is 3.19. The lowest BCUT2D eigenvalue weighted by molar-refractivity contribution is -0.139. The summed E-state index contributed by atoms with van der Waals surface area (Å²) in [5, 5.41) is 11.3. The third kappa shape index (κ3) is 3.82. The normalized spacial score (nSPS) is 30.0. The molecule has 4 aliphatic rings. The fourth-order valence-electron chi connectivity index (χ4n) is 6.99. The summed E-state index contributed by atoms with van der Waals surface area (Å²) in [6, 6.07) is 2.61. The Morgan fingerprint density at radius 2 is 2.11 bits per heavy atom. The van der Waals surface area contributed by atoms with E-state index in [1.54, 1.807) is 6.07 Å². The molecule has 36 heavy (non-hydrogen) atoms. The van der Waals surface area contributed by atoms with E-state index in [2.05, 4.69) is 12.2 Å². The number of hydrogen-bond acceptors (Lipinski definition) is 7. The monoisotopic (exact) mass is 499 g/mol. The number of carbonyl (C=O) groups is 4. The summed E-state index contributed by atoms with van der Waals surface area (Å²) in [7, 11) is 1.54. The molecule has 194 valence electrons. The molecule has 0 unspecified atom stereocenters. The fourth-order valence-corrected chi connectivity index (χ4v) is 6.99. The first-order valence-corrected chi connectivity index (χ1v) is 12.7. The second kappa shape index (κ2) is 9.06. The molecule has 0 aromatic heterocycles. The van der Waals surface area contributed by atoms with E-state index in [1.165, 1.54) is 17.5 Å². The van der Waals surface area contributed by atoms with E-state index in [1.807, 2.05) is 6.07 Å². The number of amides is 2. The van der Waals surface area contributed by atoms with Crippen LogP contribution in [0, 0.1) is 17.8 Å². The number of Topliss-reactive ketones (excluding diaryl/α,β-unsaturated/α-hetero) is 1. The molecular weight excluding hydrogens is 466 g/mol. The number of ether oxygens (including phenoxy) is 2. The minimum Gasteiger partial charge on any atom is -0.481 e. The Hall–Kier alpha value is -3.14. The molecule has 0 saturated heterocycles. The maximum absolute atomic E-state index is 13.0. The molecule has 2 bridgehead atoms. The van der Waals surface area contributed by atoms with E-state index in [4.69, 9.17) is 20.3 Å². The number of nitrogens with one attached hydrogen (secondary N) is 1. The maximum Gasteiger partial charge on any atom is 0.415 e. The van der Waals surface area contributed by atoms with Gasteiger partial charge in [-0.1, -0.05) is 13.0 Å². The molecule has 5 rings (SSSR count). The Morgan fingerprint density at radius 3 is 2.86 bits per heavy atom. The average molecular weight is 500 g/mol. The fraction of sp³-hybridized carbons (Fsp3) is 0.615. The third-order valence-electron chi connectivity index (χ3n) is 8.74. The van der Waals surface area contributed by atoms with Gasteiger partial charge in [0, 0.05) is 37.5 Å². The Bertz CT molecular complexity index is 1120. The Balaban J connectivity index is 1.30. The maximum atomic E-state index is 13.0. The number of aliphatic carboxylic acids is 1. The number of likely N-dealkylation sites (N-methyl/N-ethyl adjacent to an activating group) is 1. The minimum atomic E-state index is -1.16. The summed E-state index contributed by atoms with van der Waals surface area (Å²) in [6.45, 7) is 2.54. The molecule has 1 aromatic carbocycles. The number of ketones is 1. The highest BCUT2D eigenvalue weighted by molar-refractivity contribution is 5.89. The first-order chi connectivity index (χ1) is 17.1. The highest BCUT2D eigenvalue weighted by atomic mass is 16.6. The molecule has 2 saturated carbocycles. The molecule has 1 heterocycles. The quantitative estimate of drug-likeness (QED) is 0.513. The summed E-state index contributed by atoms with van der Waals surface area (Å²) in [6.07, 6.45) is 2.73. The smallest absolute Gasteiger partial charge is 0.415 e. The van der Waals surface area contributed by atoms with Crippen LogP contribution in [0.4, 0.5) is 4.79 Å². The minimum absolute atomic E-state index is 0.0895. The van der Waals surface area contributed by atoms with E-state index in [9.17, 15) is 19.2 Å². The zero-order valence-electron chi connectivity index (χ0n) is 20.6. The van der Waals surface area contributed by atoms with Gasteiger partial charge in [0.2, 0.25) is 5.91 Å². The van der Waals surface area contributed by atoms with Gasteiger partial charge in [0.15, 0.2) is 23.4 Å². The summed E-state index contributed by atoms with van der Waals surface area (Å²) in [4.78, 5) is 49.7. The molecule has 2 fully saturated rings. The molecule has 10 nitrogen and oxygen atoms in total. The largest absolute Gasteiger partial charge is 0.481 e. The number of nitrogens with two attached hydrogens (primary N) is 1. The van der Waals surface area contributed by atoms with Crippen LogP contribution >= 0.6 is 0 Å². The predicted octanol–water partition coefficient (Wildman–Crippen LogP) is 1.62. The van der Waals surface area contributed by atoms with Gasteiger partial charge < -0.3 is 30.5 Å². The van der Waals surface area contributed by atoms with E-state index in [0.29, 0.717) is 35.7 Å². The van der Waals surface area contributed by atoms with Crippen LogP contribution in [0.25, 0.3) is 0 Å². The van der Waals surface area contributed by atoms with E-state index in [0.717, 1.165) is 31.2 Å². The van der Waals surface area contributed by atoms with Gasteiger partial charge in [0.05, 0.1) is 12.5 Å². The van der Waals surface area contributed by atoms with Gasteiger partial charge in [0.25, 0.3) is 0 Å². The van der Waals surface area contributed by atoms with Crippen LogP contribution in [0.5, 0.6) is 11.5 Å². The van der Waals surface area contributed by atoms with Crippen LogP contribution in [0.3, 0.4) is 0 Å². The van der Waals surface area contributed by atoms with Crippen LogP contribution in [0.1, 0.15) is 50.2 Å². The molecule has 1 aromatic rings. The predicted molar refractivity (Wildman–Crippen MR) is 128 cm³/mol. The van der Waals surface area contributed by atoms with Crippen molar-refractivity contribution in [2.75, 3.05) is 20.1 Å². The second-order valence-electron chi connectivity index (χ2n) is 10.7. The van der Waals surface area contributed by atoms with Crippen molar-refractivity contribution >= 4 is 23.8 Å². The first kappa shape index (κ1) is 24.5. The van der Waals surface area contributed by atoms with Crippen LogP contribution in [-0.4, -0.2) is 66.0 Å². The van der Waals surface area contributed by atoms with Gasteiger partial charge in [0.1, 0.15) is 0 Å². The van der Waals surface area contributed by atoms with E-state index >= 15 is 0 Å². The second-order valence-corrected chi connectivity index (χ2v) is 10.7. The molecule has 1 spiro atoms. The summed E-state index contributed by atoms with van der Waals surface area (Å²) < 4.78 is 12.1. The van der Waals surface area contributed by atoms with Gasteiger partial charge >= 0.3 is 12.1 Å². The van der Waals surface area contributed by atoms with E-state index < -0.39 is 36.5 Å². The summed E-state index contributed by atoms with van der Waals surface area (Å²) in [5.74, 6) is 0.760. The summed E-state index contributed by atoms with van der Waals surface area (Å²) in [5.41, 5.74) is 7.49. The van der Waals surface area contributed by atoms with Gasteiger partial charge in [-0.2, -0.15) is 0 Å². The van der Waals surface area contributed by atoms with Crippen molar-refractivity contribution in [3.05, 3.63) is 23.3 Å². The number of benzene rings is 1. The summed E-state index contributed by atoms with van der Waals surface area (Å²) >= 11 is 0. The molecule has 2 amide bonds. The number of carboxylic acid groups (broad SMARTS) is 1. The van der Waals surface area contributed by atoms with Crippen molar-refractivity contribution < 1.29 is 33.8 Å². The van der Waals surface area contributed by atoms with Crippen LogP contribution < -0.4 is 20.5 Å². The standard InChI is InChI=1S/C26H33N3O7/c1-13-7-8-26-16-4-5-18(30)23(26)36-22-19(6-3-14(21(22)26)11-15(13)16)35-25(34)29(2)10-9-28-24(33)17(27)12-20(31)32/h3,6,13,15-17,23H,4-5,7-12,27H2,1-2H3,(H,28,33)(H,31,32)/t13-,15+,16+,17-,23+,26+/m1/s1. The first-order valence-electron chi connectivity index (χ1n) is 12.7. The van der Waals surface area contributed by atoms with Gasteiger partial charge in [-0.3, -0.25) is 14.4 Å². The van der Waals surface area contributed by atoms with Crippen LogP contribution in [-0.2, 0) is 26.2 Å². The molecular formula is C26H33N3O7. The van der Waals surface area contributed by atoms with Crippen molar-refractivity contribution in [2.24, 2.45) is 23.5 Å². The van der Waals surface area contributed by atoms with Crippen molar-refractivity contribution in [1.82, 2.24) is 10.2 Å². The highest BCUT2D eigenvalue weighted by Crippen LogP contribution is 2.66. The molecule has 6 atom stereocenters. The van der Waals surface area contributed by atoms with Crippen molar-refractivity contribution in [3.63, 3.8) is 0 Å². The van der Waals surface area contributed by atoms with Gasteiger partial charge in [-0.15, -0.1) is 0 Å². The lowest BCUT2D eigenvalue weighted by atomic mass is 9.46. The van der Waals surface area contributed by atoms with Crippen molar-refractivity contribution in [1.29, 1.82) is 0 Å². The molecule has 4 N–H and O–H groups in total. The molecule has 10 heteroatoms. The highest BCUT2D eigenvalue weighted by Gasteiger charge is 2.65. The lowest BCUT2D eigenvalue weighted by Gasteiger charge is -2.56. The molecule has 1 aliphatic heterocycles. The SMILES string of the molecule is C[C@@H]1CC[C@]23c4c5ccc(OC(=O)N(C)CCNC(=O)[C@H](N)CC(=O)O)c4O[C@H]2C(=O)CC[C@H]3[C@H]1C5. The van der Waals surface area contributed by atoms with Crippen LogP contribution in [0.15, 0.2) is 12.1 Å². The Kier molecular flexibility index (Phi) is 6.18. The number of hydrogen-bond donors (Lipinski definition) is 3. The van der Waals surface area contributed by atoms with Gasteiger partial charge in [-0.05, 0) is 55.1 Å². The number of carboxylic acids is 1. The number of carbonyl (C=O) groups excluding carboxylic acids is 3. The zero-order valence-corrected chi connectivity index (χ0v) is 20.6. The Labute approximate surface area is 209 Å². The zero-order chi connectivity index (χ0) is 25.8. The topological polar surface area (TPSA) is 148 Å². The number of rotatable bonds is 7. The van der Waals surface area contributed by atoms with Gasteiger partial charge in [-0.25, -0.2) is 4.79 Å². The van der Waals surface area contributed by atoms with E-state index in [-0.39, 0.29) is 24.3 Å². The Morgan fingerprint density at radius 1 is 1.33 bits per heavy atom. The molecule has 0 radical (unpaired) electrons. The van der Waals surface area contributed by atoms with Crippen LogP contribution in [0.2, 0.25) is 0 Å². The van der Waals surface area contributed by atoms with Crippen molar-refractivity contribution in [3.8, 4) is 11.5 Å². The third-order valence-corrected chi connectivity index (χ3v) is 8.74.